The van der Waals surface area contributed by atoms with Gasteiger partial charge in [0.05, 0.1) is 6.42 Å². The molecule has 0 N–H and O–H groups in total. The summed E-state index contributed by atoms with van der Waals surface area (Å²) in [6.45, 7) is 2.06. The lowest BCUT2D eigenvalue weighted by atomic mass is 10.0. The highest BCUT2D eigenvalue weighted by Gasteiger charge is 2.29. The molecule has 1 aliphatic rings. The van der Waals surface area contributed by atoms with Crippen molar-refractivity contribution >= 4 is 12.1 Å². The summed E-state index contributed by atoms with van der Waals surface area (Å²) < 4.78 is 1.78. The van der Waals surface area contributed by atoms with Gasteiger partial charge in [0.15, 0.2) is 0 Å². The Hall–Kier alpha value is -2.42. The van der Waals surface area contributed by atoms with Crippen molar-refractivity contribution in [2.75, 3.05) is 0 Å². The largest absolute Gasteiger partial charge is 0.857 e. The van der Waals surface area contributed by atoms with Gasteiger partial charge in [-0.25, -0.2) is 0 Å². The molecule has 3 rings (SSSR count). The van der Waals surface area contributed by atoms with Crippen molar-refractivity contribution in [3.8, 4) is 0 Å². The van der Waals surface area contributed by atoms with E-state index in [9.17, 15) is 5.11 Å². The number of rotatable bonds is 2. The lowest BCUT2D eigenvalue weighted by Crippen LogP contribution is -2.15. The number of aryl methyl sites for hydroxylation is 1. The van der Waals surface area contributed by atoms with Crippen molar-refractivity contribution in [3.63, 3.8) is 0 Å². The molecular formula is C17H16N2O. The molecule has 3 nitrogen and oxygen atoms in total. The predicted molar refractivity (Wildman–Crippen MR) is 77.8 cm³/mol. The van der Waals surface area contributed by atoms with E-state index in [1.54, 1.807) is 4.68 Å². The molecule has 0 aliphatic carbocycles. The summed E-state index contributed by atoms with van der Waals surface area (Å²) >= 11 is 0. The molecule has 0 aromatic heterocycles. The third-order valence-corrected chi connectivity index (χ3v) is 3.46. The Morgan fingerprint density at radius 3 is 2.50 bits per heavy atom. The number of hydrogen-bond acceptors (Lipinski definition) is 2. The van der Waals surface area contributed by atoms with Crippen LogP contribution in [0.25, 0.3) is 0 Å². The van der Waals surface area contributed by atoms with Crippen molar-refractivity contribution in [3.05, 3.63) is 71.3 Å². The summed E-state index contributed by atoms with van der Waals surface area (Å²) in [5.74, 6) is -0.0669. The Balaban J connectivity index is 1.95. The molecule has 1 aliphatic heterocycles. The quantitative estimate of drug-likeness (QED) is 0.767. The van der Waals surface area contributed by atoms with Gasteiger partial charge in [-0.15, -0.1) is 0 Å². The summed E-state index contributed by atoms with van der Waals surface area (Å²) in [6, 6.07) is 18.2. The van der Waals surface area contributed by atoms with Gasteiger partial charge in [0, 0.05) is 17.0 Å². The van der Waals surface area contributed by atoms with Gasteiger partial charge in [0.2, 0.25) is 12.3 Å². The second-order valence-electron chi connectivity index (χ2n) is 5.04. The summed E-state index contributed by atoms with van der Waals surface area (Å²) in [7, 11) is 0. The lowest BCUT2D eigenvalue weighted by molar-refractivity contribution is -0.563. The van der Waals surface area contributed by atoms with E-state index in [2.05, 4.69) is 36.3 Å². The molecule has 0 fully saturated rings. The van der Waals surface area contributed by atoms with Gasteiger partial charge in [-0.3, -0.25) is 0 Å². The van der Waals surface area contributed by atoms with Crippen LogP contribution in [0.5, 0.6) is 0 Å². The molecule has 0 amide bonds. The first-order valence-corrected chi connectivity index (χ1v) is 6.72. The highest BCUT2D eigenvalue weighted by molar-refractivity contribution is 5.78. The van der Waals surface area contributed by atoms with Gasteiger partial charge in [-0.1, -0.05) is 52.7 Å². The van der Waals surface area contributed by atoms with E-state index in [1.165, 1.54) is 5.56 Å². The average Bonchev–Trinajstić information content (AvgIpc) is 2.81. The number of nitrogens with zero attached hydrogens (tertiary/aromatic N) is 2. The third-order valence-electron chi connectivity index (χ3n) is 3.46. The number of benzene rings is 2. The average molecular weight is 264 g/mol. The van der Waals surface area contributed by atoms with Gasteiger partial charge in [0.25, 0.3) is 0 Å². The smallest absolute Gasteiger partial charge is 0.213 e. The van der Waals surface area contributed by atoms with Crippen LogP contribution in [0.4, 0.5) is 0 Å². The molecule has 0 bridgehead atoms. The van der Waals surface area contributed by atoms with E-state index in [0.717, 1.165) is 11.1 Å². The van der Waals surface area contributed by atoms with Crippen LogP contribution in [0.1, 0.15) is 29.2 Å². The topological polar surface area (TPSA) is 38.4 Å². The van der Waals surface area contributed by atoms with Gasteiger partial charge in [0.1, 0.15) is 0 Å². The van der Waals surface area contributed by atoms with Crippen molar-refractivity contribution in [1.29, 1.82) is 0 Å². The maximum atomic E-state index is 11.7. The molecule has 1 heterocycles. The maximum Gasteiger partial charge on any atom is 0.213 e. The van der Waals surface area contributed by atoms with Crippen molar-refractivity contribution in [2.24, 2.45) is 5.10 Å². The molecule has 100 valence electrons. The minimum atomic E-state index is -0.0669. The first kappa shape index (κ1) is 12.6. The molecule has 20 heavy (non-hydrogen) atoms. The van der Waals surface area contributed by atoms with Crippen molar-refractivity contribution in [1.82, 2.24) is 0 Å². The van der Waals surface area contributed by atoms with E-state index >= 15 is 0 Å². The molecule has 2 aromatic carbocycles. The molecule has 0 spiro atoms. The SMILES string of the molecule is Cc1ccc(C2CC([O-])=N/[N+]2=C\c2ccccc2)cc1. The highest BCUT2D eigenvalue weighted by Crippen LogP contribution is 2.25. The monoisotopic (exact) mass is 264 g/mol. The van der Waals surface area contributed by atoms with E-state index in [0.29, 0.717) is 6.42 Å². The lowest BCUT2D eigenvalue weighted by Gasteiger charge is -2.06. The van der Waals surface area contributed by atoms with E-state index in [4.69, 9.17) is 0 Å². The number of hydrazone groups is 1. The standard InChI is InChI=1S/C17H16N2O/c1-13-7-9-15(10-8-13)16-11-17(20)18-19(16)12-14-5-3-2-4-6-14/h2-10,12,16H,11H2,1H3/b19-12-. The zero-order valence-electron chi connectivity index (χ0n) is 11.4. The first-order valence-electron chi connectivity index (χ1n) is 6.72. The van der Waals surface area contributed by atoms with Gasteiger partial charge in [-0.2, -0.15) is 0 Å². The maximum absolute atomic E-state index is 11.7. The van der Waals surface area contributed by atoms with Crippen LogP contribution >= 0.6 is 0 Å². The second kappa shape index (κ2) is 5.29. The summed E-state index contributed by atoms with van der Waals surface area (Å²) in [5.41, 5.74) is 3.38. The molecule has 0 radical (unpaired) electrons. The Labute approximate surface area is 118 Å². The molecule has 3 heteroatoms. The van der Waals surface area contributed by atoms with E-state index in [-0.39, 0.29) is 11.9 Å². The molecule has 1 atom stereocenters. The Morgan fingerprint density at radius 1 is 1.10 bits per heavy atom. The Kier molecular flexibility index (Phi) is 3.33. The van der Waals surface area contributed by atoms with Crippen LogP contribution in [0.15, 0.2) is 59.7 Å². The summed E-state index contributed by atoms with van der Waals surface area (Å²) in [4.78, 5) is 0. The second-order valence-corrected chi connectivity index (χ2v) is 5.04. The van der Waals surface area contributed by atoms with Crippen LogP contribution in [0.2, 0.25) is 0 Å². The first-order chi connectivity index (χ1) is 9.72. The van der Waals surface area contributed by atoms with Crippen molar-refractivity contribution in [2.45, 2.75) is 19.4 Å². The predicted octanol–water partition coefficient (Wildman–Crippen LogP) is 2.25. The molecule has 2 aromatic rings. The van der Waals surface area contributed by atoms with Crippen LogP contribution < -0.4 is 5.11 Å². The molecule has 1 unspecified atom stereocenters. The van der Waals surface area contributed by atoms with Crippen LogP contribution in [0, 0.1) is 6.92 Å². The molecular weight excluding hydrogens is 248 g/mol. The van der Waals surface area contributed by atoms with E-state index < -0.39 is 0 Å². The van der Waals surface area contributed by atoms with Gasteiger partial charge < -0.3 is 5.11 Å². The van der Waals surface area contributed by atoms with Crippen LogP contribution in [-0.2, 0) is 0 Å². The fraction of sp³-hybridized carbons (Fsp3) is 0.176. The third kappa shape index (κ3) is 2.62. The fourth-order valence-electron chi connectivity index (χ4n) is 2.37. The number of hydrogen-bond donors (Lipinski definition) is 0. The Bertz CT molecular complexity index is 657. The van der Waals surface area contributed by atoms with Gasteiger partial charge in [-0.05, 0) is 24.2 Å². The van der Waals surface area contributed by atoms with Crippen LogP contribution in [-0.4, -0.2) is 16.8 Å². The molecule has 0 saturated heterocycles. The highest BCUT2D eigenvalue weighted by atomic mass is 16.3. The zero-order valence-corrected chi connectivity index (χ0v) is 11.4. The summed E-state index contributed by atoms with van der Waals surface area (Å²) in [6.07, 6.45) is 2.36. The Morgan fingerprint density at radius 2 is 1.80 bits per heavy atom. The van der Waals surface area contributed by atoms with E-state index in [1.807, 2.05) is 36.5 Å². The van der Waals surface area contributed by atoms with Gasteiger partial charge >= 0.3 is 0 Å². The fourth-order valence-corrected chi connectivity index (χ4v) is 2.37. The summed E-state index contributed by atoms with van der Waals surface area (Å²) in [5, 5.41) is 15.8. The normalized spacial score (nSPS) is 20.1. The zero-order chi connectivity index (χ0) is 13.9. The minimum absolute atomic E-state index is 0.00306. The van der Waals surface area contributed by atoms with Crippen LogP contribution in [0.3, 0.4) is 0 Å². The minimum Gasteiger partial charge on any atom is -0.857 e. The van der Waals surface area contributed by atoms with Crippen molar-refractivity contribution < 1.29 is 9.79 Å². The molecule has 0 saturated carbocycles.